The second-order valence-corrected chi connectivity index (χ2v) is 3.56. The smallest absolute Gasteiger partial charge is 0.138 e. The van der Waals surface area contributed by atoms with E-state index in [2.05, 4.69) is 15.9 Å². The number of nitrogens with two attached hydrogens (primary N) is 2. The lowest BCUT2D eigenvalue weighted by molar-refractivity contribution is 0.621. The second-order valence-electron chi connectivity index (χ2n) is 2.70. The maximum absolute atomic E-state index is 13.1. The van der Waals surface area contributed by atoms with Crippen LogP contribution in [0.15, 0.2) is 22.8 Å². The van der Waals surface area contributed by atoms with Crippen molar-refractivity contribution < 1.29 is 4.39 Å². The van der Waals surface area contributed by atoms with Crippen molar-refractivity contribution in [3.05, 3.63) is 34.2 Å². The fourth-order valence-electron chi connectivity index (χ4n) is 0.994. The topological polar surface area (TPSA) is 52.0 Å². The van der Waals surface area contributed by atoms with E-state index in [-0.39, 0.29) is 5.82 Å². The Balaban J connectivity index is 3.32. The van der Waals surface area contributed by atoms with Crippen LogP contribution in [0.1, 0.15) is 12.5 Å². The zero-order valence-electron chi connectivity index (χ0n) is 7.14. The van der Waals surface area contributed by atoms with Gasteiger partial charge >= 0.3 is 0 Å². The van der Waals surface area contributed by atoms with Gasteiger partial charge in [-0.1, -0.05) is 0 Å². The first-order valence-corrected chi connectivity index (χ1v) is 4.49. The molecule has 1 aromatic rings. The summed E-state index contributed by atoms with van der Waals surface area (Å²) in [4.78, 5) is 0. The van der Waals surface area contributed by atoms with E-state index in [1.54, 1.807) is 6.92 Å². The Morgan fingerprint density at radius 3 is 2.69 bits per heavy atom. The Morgan fingerprint density at radius 2 is 2.15 bits per heavy atom. The van der Waals surface area contributed by atoms with Crippen molar-refractivity contribution in [3.63, 3.8) is 0 Å². The molecule has 0 aliphatic rings. The number of nitrogen functional groups attached to an aromatic ring is 1. The van der Waals surface area contributed by atoms with E-state index in [1.807, 2.05) is 0 Å². The lowest BCUT2D eigenvalue weighted by Crippen LogP contribution is -1.95. The zero-order valence-corrected chi connectivity index (χ0v) is 8.73. The van der Waals surface area contributed by atoms with Gasteiger partial charge in [0.25, 0.3) is 0 Å². The molecule has 0 radical (unpaired) electrons. The van der Waals surface area contributed by atoms with Crippen LogP contribution in [-0.4, -0.2) is 0 Å². The Kier molecular flexibility index (Phi) is 2.93. The van der Waals surface area contributed by atoms with Gasteiger partial charge in [0.1, 0.15) is 5.82 Å². The molecule has 2 nitrogen and oxygen atoms in total. The maximum atomic E-state index is 13.1. The second kappa shape index (κ2) is 3.79. The minimum absolute atomic E-state index is 0.342. The molecule has 0 bridgehead atoms. The highest BCUT2D eigenvalue weighted by atomic mass is 79.9. The minimum atomic E-state index is -0.342. The summed E-state index contributed by atoms with van der Waals surface area (Å²) in [5.41, 5.74) is 12.9. The molecule has 13 heavy (non-hydrogen) atoms. The van der Waals surface area contributed by atoms with Crippen molar-refractivity contribution >= 4 is 27.2 Å². The zero-order chi connectivity index (χ0) is 10.0. The van der Waals surface area contributed by atoms with E-state index < -0.39 is 0 Å². The van der Waals surface area contributed by atoms with Gasteiger partial charge in [-0.2, -0.15) is 0 Å². The van der Waals surface area contributed by atoms with Crippen LogP contribution in [-0.2, 0) is 0 Å². The number of allylic oxidation sites excluding steroid dienone is 1. The van der Waals surface area contributed by atoms with Crippen LogP contribution in [0.2, 0.25) is 0 Å². The van der Waals surface area contributed by atoms with E-state index in [4.69, 9.17) is 11.5 Å². The van der Waals surface area contributed by atoms with Crippen LogP contribution in [0, 0.1) is 5.82 Å². The predicted octanol–water partition coefficient (Wildman–Crippen LogP) is 2.49. The Hall–Kier alpha value is -1.03. The summed E-state index contributed by atoms with van der Waals surface area (Å²) in [6.07, 6.45) is 1.40. The maximum Gasteiger partial charge on any atom is 0.138 e. The van der Waals surface area contributed by atoms with E-state index in [0.717, 1.165) is 5.57 Å². The molecule has 1 aromatic carbocycles. The van der Waals surface area contributed by atoms with Gasteiger partial charge < -0.3 is 11.5 Å². The van der Waals surface area contributed by atoms with E-state index in [1.165, 1.54) is 18.3 Å². The van der Waals surface area contributed by atoms with Gasteiger partial charge in [0.05, 0.1) is 4.47 Å². The molecule has 4 heteroatoms. The number of anilines is 1. The van der Waals surface area contributed by atoms with Crippen LogP contribution in [0.4, 0.5) is 10.1 Å². The lowest BCUT2D eigenvalue weighted by Gasteiger charge is -2.06. The molecule has 0 aliphatic heterocycles. The molecule has 0 spiro atoms. The average molecular weight is 245 g/mol. The monoisotopic (exact) mass is 244 g/mol. The van der Waals surface area contributed by atoms with Crippen LogP contribution in [0.5, 0.6) is 0 Å². The fourth-order valence-corrected chi connectivity index (χ4v) is 1.35. The van der Waals surface area contributed by atoms with Gasteiger partial charge in [-0.15, -0.1) is 0 Å². The van der Waals surface area contributed by atoms with Crippen molar-refractivity contribution in [1.29, 1.82) is 0 Å². The number of benzene rings is 1. The number of rotatable bonds is 1. The largest absolute Gasteiger partial charge is 0.404 e. The molecule has 0 atom stereocenters. The SMILES string of the molecule is C/C(=C/N)c1cc(F)c(Br)cc1N. The Labute approximate surface area is 84.5 Å². The molecule has 0 heterocycles. The van der Waals surface area contributed by atoms with Gasteiger partial charge in [-0.3, -0.25) is 0 Å². The third-order valence-electron chi connectivity index (χ3n) is 1.77. The van der Waals surface area contributed by atoms with Crippen LogP contribution < -0.4 is 11.5 Å². The van der Waals surface area contributed by atoms with Gasteiger partial charge in [0.15, 0.2) is 0 Å². The van der Waals surface area contributed by atoms with Crippen molar-refractivity contribution in [2.75, 3.05) is 5.73 Å². The Morgan fingerprint density at radius 1 is 1.54 bits per heavy atom. The molecular weight excluding hydrogens is 235 g/mol. The molecule has 0 aromatic heterocycles. The first kappa shape index (κ1) is 10.1. The lowest BCUT2D eigenvalue weighted by atomic mass is 10.1. The van der Waals surface area contributed by atoms with E-state index >= 15 is 0 Å². The summed E-state index contributed by atoms with van der Waals surface area (Å²) in [5, 5.41) is 0. The van der Waals surface area contributed by atoms with Gasteiger partial charge in [-0.25, -0.2) is 4.39 Å². The highest BCUT2D eigenvalue weighted by Crippen LogP contribution is 2.26. The molecule has 0 amide bonds. The fraction of sp³-hybridized carbons (Fsp3) is 0.111. The molecule has 0 fully saturated rings. The van der Waals surface area contributed by atoms with Gasteiger partial charge in [0, 0.05) is 11.3 Å². The van der Waals surface area contributed by atoms with Crippen molar-refractivity contribution in [2.24, 2.45) is 5.73 Å². The third kappa shape index (κ3) is 2.01. The first-order valence-electron chi connectivity index (χ1n) is 3.69. The number of hydrogen-bond donors (Lipinski definition) is 2. The first-order chi connectivity index (χ1) is 6.06. The third-order valence-corrected chi connectivity index (χ3v) is 2.37. The predicted molar refractivity (Wildman–Crippen MR) is 56.4 cm³/mol. The molecule has 0 saturated carbocycles. The Bertz CT molecular complexity index is 361. The molecule has 1 rings (SSSR count). The average Bonchev–Trinajstić information content (AvgIpc) is 2.10. The summed E-state index contributed by atoms with van der Waals surface area (Å²) in [6, 6.07) is 2.88. The van der Waals surface area contributed by atoms with Gasteiger partial charge in [-0.05, 0) is 46.8 Å². The summed E-state index contributed by atoms with van der Waals surface area (Å²) < 4.78 is 13.4. The summed E-state index contributed by atoms with van der Waals surface area (Å²) in [5.74, 6) is -0.342. The number of hydrogen-bond acceptors (Lipinski definition) is 2. The van der Waals surface area contributed by atoms with Crippen molar-refractivity contribution in [1.82, 2.24) is 0 Å². The minimum Gasteiger partial charge on any atom is -0.404 e. The van der Waals surface area contributed by atoms with Crippen molar-refractivity contribution in [2.45, 2.75) is 6.92 Å². The van der Waals surface area contributed by atoms with E-state index in [0.29, 0.717) is 15.7 Å². The molecule has 0 saturated heterocycles. The van der Waals surface area contributed by atoms with Crippen LogP contribution in [0.3, 0.4) is 0 Å². The molecule has 0 aliphatic carbocycles. The number of halogens is 2. The standard InChI is InChI=1S/C9H10BrFN2/c1-5(4-12)6-2-8(11)7(10)3-9(6)13/h2-4H,12-13H2,1H3/b5-4-. The van der Waals surface area contributed by atoms with Crippen molar-refractivity contribution in [3.8, 4) is 0 Å². The normalized spacial score (nSPS) is 11.8. The highest BCUT2D eigenvalue weighted by molar-refractivity contribution is 9.10. The summed E-state index contributed by atoms with van der Waals surface area (Å²) >= 11 is 3.05. The van der Waals surface area contributed by atoms with Gasteiger partial charge in [0.2, 0.25) is 0 Å². The molecular formula is C9H10BrFN2. The molecule has 0 unspecified atom stereocenters. The molecule has 70 valence electrons. The summed E-state index contributed by atoms with van der Waals surface area (Å²) in [6.45, 7) is 1.78. The summed E-state index contributed by atoms with van der Waals surface area (Å²) in [7, 11) is 0. The van der Waals surface area contributed by atoms with Crippen LogP contribution >= 0.6 is 15.9 Å². The van der Waals surface area contributed by atoms with Crippen LogP contribution in [0.25, 0.3) is 5.57 Å². The quantitative estimate of drug-likeness (QED) is 0.747. The highest BCUT2D eigenvalue weighted by Gasteiger charge is 2.06. The molecule has 4 N–H and O–H groups in total. The van der Waals surface area contributed by atoms with E-state index in [9.17, 15) is 4.39 Å².